The first kappa shape index (κ1) is 24.6. The molecule has 11 heteroatoms. The molecule has 0 saturated carbocycles. The molecule has 0 heterocycles. The third-order valence-corrected chi connectivity index (χ3v) is 4.06. The van der Waals surface area contributed by atoms with E-state index in [1.54, 1.807) is 30.3 Å². The zero-order valence-electron chi connectivity index (χ0n) is 16.6. The lowest BCUT2D eigenvalue weighted by atomic mass is 10.0. The summed E-state index contributed by atoms with van der Waals surface area (Å²) in [7, 11) is 0. The lowest BCUT2D eigenvalue weighted by Crippen LogP contribution is -2.56. The Hall–Kier alpha value is -3.47. The van der Waals surface area contributed by atoms with Gasteiger partial charge in [-0.2, -0.15) is 0 Å². The average molecular weight is 421 g/mol. The first-order valence-corrected chi connectivity index (χ1v) is 9.28. The number of rotatable bonds is 12. The Morgan fingerprint density at radius 1 is 0.967 bits per heavy atom. The van der Waals surface area contributed by atoms with Gasteiger partial charge in [0.05, 0.1) is 6.04 Å². The number of nitrogens with two attached hydrogens (primary N) is 2. The molecule has 3 unspecified atom stereocenters. The Kier molecular flexibility index (Phi) is 9.97. The fraction of sp³-hybridized carbons (Fsp3) is 0.421. The Morgan fingerprint density at radius 3 is 2.10 bits per heavy atom. The van der Waals surface area contributed by atoms with E-state index in [-0.39, 0.29) is 19.3 Å². The highest BCUT2D eigenvalue weighted by molar-refractivity contribution is 5.94. The number of carbonyl (C=O) groups is 5. The van der Waals surface area contributed by atoms with Crippen LogP contribution in [0.1, 0.15) is 25.3 Å². The summed E-state index contributed by atoms with van der Waals surface area (Å²) in [5.41, 5.74) is 11.4. The number of nitrogens with one attached hydrogen (secondary N) is 3. The molecule has 164 valence electrons. The monoisotopic (exact) mass is 421 g/mol. The predicted molar refractivity (Wildman–Crippen MR) is 107 cm³/mol. The van der Waals surface area contributed by atoms with Crippen LogP contribution in [0.2, 0.25) is 0 Å². The topological polar surface area (TPSA) is 194 Å². The molecule has 0 radical (unpaired) electrons. The maximum absolute atomic E-state index is 12.7. The molecule has 0 spiro atoms. The molecule has 0 fully saturated rings. The van der Waals surface area contributed by atoms with Crippen molar-refractivity contribution in [2.45, 2.75) is 44.3 Å². The summed E-state index contributed by atoms with van der Waals surface area (Å²) < 4.78 is 0. The first-order chi connectivity index (χ1) is 14.1. The van der Waals surface area contributed by atoms with Gasteiger partial charge in [-0.3, -0.25) is 24.0 Å². The van der Waals surface area contributed by atoms with Gasteiger partial charge >= 0.3 is 5.97 Å². The van der Waals surface area contributed by atoms with Gasteiger partial charge in [-0.05, 0) is 18.9 Å². The van der Waals surface area contributed by atoms with E-state index in [0.717, 1.165) is 5.56 Å². The number of amides is 4. The van der Waals surface area contributed by atoms with Crippen molar-refractivity contribution in [1.29, 1.82) is 0 Å². The summed E-state index contributed by atoms with van der Waals surface area (Å²) in [5, 5.41) is 15.9. The zero-order valence-corrected chi connectivity index (χ0v) is 16.6. The summed E-state index contributed by atoms with van der Waals surface area (Å²) in [6.45, 7) is 0.808. The minimum atomic E-state index is -1.24. The van der Waals surface area contributed by atoms with Crippen LogP contribution in [0, 0.1) is 0 Å². The molecule has 0 bridgehead atoms. The molecule has 0 aromatic heterocycles. The Morgan fingerprint density at radius 2 is 1.57 bits per heavy atom. The predicted octanol–water partition coefficient (Wildman–Crippen LogP) is -1.99. The van der Waals surface area contributed by atoms with Crippen LogP contribution in [0.15, 0.2) is 30.3 Å². The van der Waals surface area contributed by atoms with Crippen LogP contribution in [-0.4, -0.2) is 59.4 Å². The number of carbonyl (C=O) groups excluding carboxylic acids is 4. The van der Waals surface area contributed by atoms with Crippen molar-refractivity contribution in [3.8, 4) is 0 Å². The molecule has 30 heavy (non-hydrogen) atoms. The van der Waals surface area contributed by atoms with Gasteiger partial charge in [-0.1, -0.05) is 30.3 Å². The van der Waals surface area contributed by atoms with E-state index in [4.69, 9.17) is 16.6 Å². The fourth-order valence-corrected chi connectivity index (χ4v) is 2.48. The van der Waals surface area contributed by atoms with Crippen LogP contribution in [0.3, 0.4) is 0 Å². The molecule has 0 aliphatic carbocycles. The first-order valence-electron chi connectivity index (χ1n) is 9.28. The summed E-state index contributed by atoms with van der Waals surface area (Å²) in [4.78, 5) is 58.9. The van der Waals surface area contributed by atoms with E-state index >= 15 is 0 Å². The molecular formula is C19H27N5O6. The molecule has 4 amide bonds. The van der Waals surface area contributed by atoms with Gasteiger partial charge in [-0.15, -0.1) is 0 Å². The van der Waals surface area contributed by atoms with Gasteiger partial charge in [0.2, 0.25) is 23.6 Å². The standard InChI is InChI=1S/C19H27N5O6/c1-11(20)17(28)23-13(7-8-15(21)25)19(30)24-14(18(29)22-10-16(26)27)9-12-5-3-2-4-6-12/h2-6,11,13-14H,7-10,20H2,1H3,(H2,21,25)(H,22,29)(H,23,28)(H,24,30)(H,26,27). The average Bonchev–Trinajstić information content (AvgIpc) is 2.68. The van der Waals surface area contributed by atoms with Crippen LogP contribution in [-0.2, 0) is 30.4 Å². The van der Waals surface area contributed by atoms with Gasteiger partial charge in [0.1, 0.15) is 18.6 Å². The third kappa shape index (κ3) is 9.15. The molecule has 8 N–H and O–H groups in total. The van der Waals surface area contributed by atoms with Gasteiger partial charge < -0.3 is 32.5 Å². The second-order valence-corrected chi connectivity index (χ2v) is 6.72. The van der Waals surface area contributed by atoms with E-state index in [0.29, 0.717) is 0 Å². The number of primary amides is 1. The van der Waals surface area contributed by atoms with Gasteiger partial charge in [-0.25, -0.2) is 0 Å². The number of aliphatic carboxylic acids is 1. The fourth-order valence-electron chi connectivity index (χ4n) is 2.48. The molecule has 0 aliphatic rings. The van der Waals surface area contributed by atoms with Crippen molar-refractivity contribution in [3.05, 3.63) is 35.9 Å². The molecule has 0 aliphatic heterocycles. The summed E-state index contributed by atoms with van der Waals surface area (Å²) in [5.74, 6) is -3.95. The SMILES string of the molecule is CC(N)C(=O)NC(CCC(N)=O)C(=O)NC(Cc1ccccc1)C(=O)NCC(=O)O. The molecule has 1 aromatic carbocycles. The van der Waals surface area contributed by atoms with Gasteiger partial charge in [0.25, 0.3) is 0 Å². The lowest BCUT2D eigenvalue weighted by Gasteiger charge is -2.23. The van der Waals surface area contributed by atoms with Crippen molar-refractivity contribution >= 4 is 29.6 Å². The summed E-state index contributed by atoms with van der Waals surface area (Å²) in [6.07, 6.45) is -0.178. The highest BCUT2D eigenvalue weighted by Crippen LogP contribution is 2.06. The second kappa shape index (κ2) is 12.2. The smallest absolute Gasteiger partial charge is 0.322 e. The van der Waals surface area contributed by atoms with E-state index in [1.165, 1.54) is 6.92 Å². The van der Waals surface area contributed by atoms with Crippen molar-refractivity contribution in [2.75, 3.05) is 6.54 Å². The number of hydrogen-bond acceptors (Lipinski definition) is 6. The molecule has 0 saturated heterocycles. The lowest BCUT2D eigenvalue weighted by molar-refractivity contribution is -0.138. The quantitative estimate of drug-likeness (QED) is 0.225. The van der Waals surface area contributed by atoms with Crippen LogP contribution in [0.5, 0.6) is 0 Å². The van der Waals surface area contributed by atoms with E-state index in [9.17, 15) is 24.0 Å². The van der Waals surface area contributed by atoms with Crippen LogP contribution >= 0.6 is 0 Å². The van der Waals surface area contributed by atoms with Crippen LogP contribution in [0.4, 0.5) is 0 Å². The Bertz CT molecular complexity index is 768. The Balaban J connectivity index is 2.97. The number of benzene rings is 1. The minimum Gasteiger partial charge on any atom is -0.480 e. The third-order valence-electron chi connectivity index (χ3n) is 4.06. The minimum absolute atomic E-state index is 0.0851. The van der Waals surface area contributed by atoms with Gasteiger partial charge in [0.15, 0.2) is 0 Å². The molecular weight excluding hydrogens is 394 g/mol. The van der Waals surface area contributed by atoms with Crippen molar-refractivity contribution in [2.24, 2.45) is 11.5 Å². The number of carboxylic acid groups (broad SMARTS) is 1. The highest BCUT2D eigenvalue weighted by atomic mass is 16.4. The summed E-state index contributed by atoms with van der Waals surface area (Å²) in [6, 6.07) is 5.62. The van der Waals surface area contributed by atoms with E-state index in [2.05, 4.69) is 16.0 Å². The molecule has 3 atom stereocenters. The molecule has 1 aromatic rings. The maximum Gasteiger partial charge on any atom is 0.322 e. The van der Waals surface area contributed by atoms with E-state index in [1.807, 2.05) is 0 Å². The van der Waals surface area contributed by atoms with Gasteiger partial charge in [0, 0.05) is 12.8 Å². The Labute approximate surface area is 173 Å². The van der Waals surface area contributed by atoms with Crippen molar-refractivity contribution in [3.63, 3.8) is 0 Å². The number of hydrogen-bond donors (Lipinski definition) is 6. The number of carboxylic acids is 1. The van der Waals surface area contributed by atoms with Crippen molar-refractivity contribution < 1.29 is 29.1 Å². The van der Waals surface area contributed by atoms with E-state index < -0.39 is 54.3 Å². The largest absolute Gasteiger partial charge is 0.480 e. The molecule has 11 nitrogen and oxygen atoms in total. The maximum atomic E-state index is 12.7. The van der Waals surface area contributed by atoms with Crippen molar-refractivity contribution in [1.82, 2.24) is 16.0 Å². The molecule has 1 rings (SSSR count). The zero-order chi connectivity index (χ0) is 22.7. The van der Waals surface area contributed by atoms with Crippen LogP contribution < -0.4 is 27.4 Å². The second-order valence-electron chi connectivity index (χ2n) is 6.72. The van der Waals surface area contributed by atoms with Crippen LogP contribution in [0.25, 0.3) is 0 Å². The highest BCUT2D eigenvalue weighted by Gasteiger charge is 2.28. The summed E-state index contributed by atoms with van der Waals surface area (Å²) >= 11 is 0. The normalized spacial score (nSPS) is 13.4.